The molecule has 1 aliphatic heterocycles. The molecule has 1 aliphatic rings. The van der Waals surface area contributed by atoms with Crippen molar-refractivity contribution in [2.45, 2.75) is 18.8 Å². The number of aromatic amines is 1. The van der Waals surface area contributed by atoms with Crippen LogP contribution in [-0.4, -0.2) is 59.9 Å². The van der Waals surface area contributed by atoms with E-state index in [0.717, 1.165) is 22.7 Å². The number of benzene rings is 2. The zero-order valence-corrected chi connectivity index (χ0v) is 18.0. The highest BCUT2D eigenvalue weighted by Gasteiger charge is 2.37. The van der Waals surface area contributed by atoms with Crippen LogP contribution in [0.1, 0.15) is 23.7 Å². The fourth-order valence-corrected chi connectivity index (χ4v) is 4.13. The van der Waals surface area contributed by atoms with E-state index in [0.29, 0.717) is 38.4 Å². The Morgan fingerprint density at radius 2 is 1.87 bits per heavy atom. The van der Waals surface area contributed by atoms with Crippen molar-refractivity contribution in [2.24, 2.45) is 5.92 Å². The van der Waals surface area contributed by atoms with Crippen LogP contribution < -0.4 is 4.74 Å². The molecule has 3 aromatic rings. The number of carbonyl (C=O) groups is 1. The first-order valence-corrected chi connectivity index (χ1v) is 10.5. The number of likely N-dealkylation sites (tertiary alicyclic amines) is 1. The fraction of sp³-hybridized carbons (Fsp3) is 0.375. The predicted octanol–water partition coefficient (Wildman–Crippen LogP) is 3.30. The van der Waals surface area contributed by atoms with E-state index in [1.54, 1.807) is 14.2 Å². The Morgan fingerprint density at radius 3 is 2.58 bits per heavy atom. The Kier molecular flexibility index (Phi) is 6.62. The lowest BCUT2D eigenvalue weighted by Gasteiger charge is -2.16. The lowest BCUT2D eigenvalue weighted by Crippen LogP contribution is -2.29. The van der Waals surface area contributed by atoms with Gasteiger partial charge in [0.1, 0.15) is 11.6 Å². The average molecular weight is 421 g/mol. The molecule has 2 heterocycles. The molecule has 162 valence electrons. The first-order chi connectivity index (χ1) is 15.2. The normalized spacial score (nSPS) is 18.3. The van der Waals surface area contributed by atoms with E-state index in [4.69, 9.17) is 14.5 Å². The topological polar surface area (TPSA) is 80.3 Å². The van der Waals surface area contributed by atoms with Crippen molar-refractivity contribution >= 4 is 5.91 Å². The van der Waals surface area contributed by atoms with Gasteiger partial charge in [-0.3, -0.25) is 9.89 Å². The third-order valence-corrected chi connectivity index (χ3v) is 5.85. The van der Waals surface area contributed by atoms with Crippen molar-refractivity contribution in [2.75, 3.05) is 33.9 Å². The van der Waals surface area contributed by atoms with Gasteiger partial charge in [-0.15, -0.1) is 0 Å². The standard InChI is InChI=1S/C24H28N4O3/c1-30-16-19-14-28(22(29)13-10-17-8-11-20(31-2)12-9-17)15-21(19)24-25-23(26-27-24)18-6-4-3-5-7-18/h3-9,11-12,19,21H,10,13-16H2,1-2H3,(H,25,26,27)/t19-,21+/m0/s1. The maximum Gasteiger partial charge on any atom is 0.222 e. The molecule has 0 bridgehead atoms. The number of methoxy groups -OCH3 is 2. The van der Waals surface area contributed by atoms with Crippen molar-refractivity contribution in [1.82, 2.24) is 20.1 Å². The van der Waals surface area contributed by atoms with Crippen molar-refractivity contribution in [3.05, 3.63) is 66.0 Å². The molecule has 0 aliphatic carbocycles. The second kappa shape index (κ2) is 9.75. The van der Waals surface area contributed by atoms with Crippen LogP contribution in [0.5, 0.6) is 5.75 Å². The maximum absolute atomic E-state index is 12.9. The van der Waals surface area contributed by atoms with Crippen LogP contribution in [0.3, 0.4) is 0 Å². The minimum Gasteiger partial charge on any atom is -0.497 e. The summed E-state index contributed by atoms with van der Waals surface area (Å²) in [5, 5.41) is 7.49. The van der Waals surface area contributed by atoms with E-state index in [9.17, 15) is 4.79 Å². The molecule has 2 aromatic carbocycles. The van der Waals surface area contributed by atoms with Gasteiger partial charge >= 0.3 is 0 Å². The Hall–Kier alpha value is -3.19. The molecule has 0 unspecified atom stereocenters. The van der Waals surface area contributed by atoms with Gasteiger partial charge in [-0.05, 0) is 24.1 Å². The summed E-state index contributed by atoms with van der Waals surface area (Å²) in [7, 11) is 3.34. The number of hydrogen-bond acceptors (Lipinski definition) is 5. The fourth-order valence-electron chi connectivity index (χ4n) is 4.13. The molecule has 0 spiro atoms. The number of aryl methyl sites for hydroxylation is 1. The van der Waals surface area contributed by atoms with Gasteiger partial charge < -0.3 is 14.4 Å². The number of nitrogens with one attached hydrogen (secondary N) is 1. The molecular weight excluding hydrogens is 392 g/mol. The molecular formula is C24H28N4O3. The third kappa shape index (κ3) is 4.94. The molecule has 31 heavy (non-hydrogen) atoms. The second-order valence-electron chi connectivity index (χ2n) is 7.88. The molecule has 4 rings (SSSR count). The smallest absolute Gasteiger partial charge is 0.222 e. The molecule has 7 heteroatoms. The van der Waals surface area contributed by atoms with E-state index in [-0.39, 0.29) is 17.7 Å². The van der Waals surface area contributed by atoms with Crippen LogP contribution in [0, 0.1) is 5.92 Å². The van der Waals surface area contributed by atoms with Crippen molar-refractivity contribution in [3.63, 3.8) is 0 Å². The lowest BCUT2D eigenvalue weighted by atomic mass is 9.96. The SMILES string of the molecule is COC[C@@H]1CN(C(=O)CCc2ccc(OC)cc2)C[C@H]1c1nc(-c2ccccc2)n[nH]1. The Morgan fingerprint density at radius 1 is 1.10 bits per heavy atom. The van der Waals surface area contributed by atoms with Gasteiger partial charge in [0.2, 0.25) is 5.91 Å². The highest BCUT2D eigenvalue weighted by molar-refractivity contribution is 5.77. The quantitative estimate of drug-likeness (QED) is 0.605. The maximum atomic E-state index is 12.9. The van der Waals surface area contributed by atoms with E-state index in [2.05, 4.69) is 10.2 Å². The van der Waals surface area contributed by atoms with Gasteiger partial charge in [0, 0.05) is 44.0 Å². The summed E-state index contributed by atoms with van der Waals surface area (Å²) in [6.07, 6.45) is 1.18. The second-order valence-corrected chi connectivity index (χ2v) is 7.88. The average Bonchev–Trinajstić information content (AvgIpc) is 3.46. The van der Waals surface area contributed by atoms with E-state index >= 15 is 0 Å². The molecule has 2 atom stereocenters. The minimum atomic E-state index is 0.0786. The number of nitrogens with zero attached hydrogens (tertiary/aromatic N) is 3. The largest absolute Gasteiger partial charge is 0.497 e. The van der Waals surface area contributed by atoms with Crippen LogP contribution in [-0.2, 0) is 16.0 Å². The highest BCUT2D eigenvalue weighted by Crippen LogP contribution is 2.32. The van der Waals surface area contributed by atoms with Gasteiger partial charge in [0.25, 0.3) is 0 Å². The summed E-state index contributed by atoms with van der Waals surface area (Å²) >= 11 is 0. The minimum absolute atomic E-state index is 0.0786. The summed E-state index contributed by atoms with van der Waals surface area (Å²) in [4.78, 5) is 19.6. The Bertz CT molecular complexity index is 988. The molecule has 1 aromatic heterocycles. The lowest BCUT2D eigenvalue weighted by molar-refractivity contribution is -0.130. The first kappa shape index (κ1) is 21.1. The zero-order valence-electron chi connectivity index (χ0n) is 18.0. The number of rotatable bonds is 8. The van der Waals surface area contributed by atoms with Gasteiger partial charge in [-0.25, -0.2) is 4.98 Å². The van der Waals surface area contributed by atoms with Crippen molar-refractivity contribution in [3.8, 4) is 17.1 Å². The van der Waals surface area contributed by atoms with Crippen LogP contribution in [0.25, 0.3) is 11.4 Å². The van der Waals surface area contributed by atoms with Crippen LogP contribution in [0.2, 0.25) is 0 Å². The monoisotopic (exact) mass is 420 g/mol. The number of amides is 1. The van der Waals surface area contributed by atoms with Crippen molar-refractivity contribution < 1.29 is 14.3 Å². The van der Waals surface area contributed by atoms with E-state index < -0.39 is 0 Å². The Balaban J connectivity index is 1.41. The van der Waals surface area contributed by atoms with E-state index in [1.165, 1.54) is 0 Å². The van der Waals surface area contributed by atoms with E-state index in [1.807, 2.05) is 59.5 Å². The number of hydrogen-bond donors (Lipinski definition) is 1. The van der Waals surface area contributed by atoms with Crippen molar-refractivity contribution in [1.29, 1.82) is 0 Å². The number of H-pyrrole nitrogens is 1. The third-order valence-electron chi connectivity index (χ3n) is 5.85. The Labute approximate surface area is 182 Å². The van der Waals surface area contributed by atoms with Crippen LogP contribution >= 0.6 is 0 Å². The number of aromatic nitrogens is 3. The highest BCUT2D eigenvalue weighted by atomic mass is 16.5. The van der Waals surface area contributed by atoms with Gasteiger partial charge in [0.15, 0.2) is 5.82 Å². The molecule has 0 radical (unpaired) electrons. The number of carbonyl (C=O) groups excluding carboxylic acids is 1. The summed E-state index contributed by atoms with van der Waals surface area (Å²) < 4.78 is 10.6. The molecule has 1 amide bonds. The van der Waals surface area contributed by atoms with Crippen LogP contribution in [0.4, 0.5) is 0 Å². The zero-order chi connectivity index (χ0) is 21.6. The van der Waals surface area contributed by atoms with Gasteiger partial charge in [0.05, 0.1) is 13.7 Å². The summed E-state index contributed by atoms with van der Waals surface area (Å²) in [5.74, 6) is 2.73. The van der Waals surface area contributed by atoms with Gasteiger partial charge in [-0.1, -0.05) is 42.5 Å². The molecule has 0 saturated carbocycles. The molecule has 1 N–H and O–H groups in total. The molecule has 1 fully saturated rings. The first-order valence-electron chi connectivity index (χ1n) is 10.5. The van der Waals surface area contributed by atoms with Crippen LogP contribution in [0.15, 0.2) is 54.6 Å². The summed E-state index contributed by atoms with van der Waals surface area (Å²) in [5.41, 5.74) is 2.10. The summed E-state index contributed by atoms with van der Waals surface area (Å²) in [6, 6.07) is 17.8. The summed E-state index contributed by atoms with van der Waals surface area (Å²) in [6.45, 7) is 1.87. The molecule has 1 saturated heterocycles. The predicted molar refractivity (Wildman–Crippen MR) is 118 cm³/mol. The van der Waals surface area contributed by atoms with Gasteiger partial charge in [-0.2, -0.15) is 5.10 Å². The molecule has 7 nitrogen and oxygen atoms in total. The number of ether oxygens (including phenoxy) is 2.